The molecule has 3 aromatic rings. The highest BCUT2D eigenvalue weighted by Gasteiger charge is 2.13. The lowest BCUT2D eigenvalue weighted by Crippen LogP contribution is -2.19. The molecular weight excluding hydrogens is 548 g/mol. The topological polar surface area (TPSA) is 59.9 Å². The third-order valence-electron chi connectivity index (χ3n) is 4.70. The van der Waals surface area contributed by atoms with Gasteiger partial charge in [0.2, 0.25) is 5.91 Å². The van der Waals surface area contributed by atoms with Gasteiger partial charge in [0.05, 0.1) is 18.6 Å². The van der Waals surface area contributed by atoms with Gasteiger partial charge >= 0.3 is 0 Å². The normalized spacial score (nSPS) is 10.8. The number of thioether (sulfide) groups is 1. The van der Waals surface area contributed by atoms with Gasteiger partial charge in [-0.1, -0.05) is 45.7 Å². The molecule has 0 spiro atoms. The van der Waals surface area contributed by atoms with Gasteiger partial charge in [0.15, 0.2) is 11.5 Å². The summed E-state index contributed by atoms with van der Waals surface area (Å²) in [5, 5.41) is 4.78. The Morgan fingerprint density at radius 2 is 1.89 bits per heavy atom. The second-order valence-electron chi connectivity index (χ2n) is 7.38. The number of ether oxygens (including phenoxy) is 2. The van der Waals surface area contributed by atoms with Gasteiger partial charge in [0.25, 0.3) is 0 Å². The van der Waals surface area contributed by atoms with Crippen molar-refractivity contribution in [1.82, 2.24) is 5.43 Å². The van der Waals surface area contributed by atoms with E-state index in [1.807, 2.05) is 61.5 Å². The Balaban J connectivity index is 1.68. The summed E-state index contributed by atoms with van der Waals surface area (Å²) in [6.45, 7) is 6.68. The van der Waals surface area contributed by atoms with Crippen molar-refractivity contribution in [2.75, 3.05) is 12.4 Å². The van der Waals surface area contributed by atoms with E-state index in [-0.39, 0.29) is 11.7 Å². The van der Waals surface area contributed by atoms with Crippen molar-refractivity contribution in [3.63, 3.8) is 0 Å². The maximum atomic E-state index is 12.2. The minimum absolute atomic E-state index is 0.202. The second kappa shape index (κ2) is 14.0. The van der Waals surface area contributed by atoms with Crippen LogP contribution in [0, 0.1) is 0 Å². The van der Waals surface area contributed by atoms with Crippen LogP contribution in [0.1, 0.15) is 23.6 Å². The van der Waals surface area contributed by atoms with Gasteiger partial charge in [0, 0.05) is 20.0 Å². The summed E-state index contributed by atoms with van der Waals surface area (Å²) in [5.74, 6) is 1.34. The first-order valence-electron chi connectivity index (χ1n) is 11.0. The highest BCUT2D eigenvalue weighted by atomic mass is 79.9. The average molecular weight is 574 g/mol. The van der Waals surface area contributed by atoms with E-state index in [2.05, 4.69) is 33.0 Å². The van der Waals surface area contributed by atoms with Gasteiger partial charge in [-0.2, -0.15) is 5.10 Å². The number of benzene rings is 3. The molecule has 3 aromatic carbocycles. The van der Waals surface area contributed by atoms with Crippen LogP contribution in [0.3, 0.4) is 0 Å². The predicted molar refractivity (Wildman–Crippen MR) is 148 cm³/mol. The van der Waals surface area contributed by atoms with E-state index in [9.17, 15) is 4.79 Å². The highest BCUT2D eigenvalue weighted by molar-refractivity contribution is 9.10. The van der Waals surface area contributed by atoms with Crippen LogP contribution in [-0.4, -0.2) is 24.5 Å². The summed E-state index contributed by atoms with van der Waals surface area (Å²) in [6, 6.07) is 19.1. The fraction of sp³-hybridized carbons (Fsp3) is 0.185. The maximum absolute atomic E-state index is 12.2. The minimum atomic E-state index is -0.202. The summed E-state index contributed by atoms with van der Waals surface area (Å²) in [6.07, 6.45) is 4.01. The Labute approximate surface area is 223 Å². The molecule has 0 saturated heterocycles. The molecule has 3 rings (SSSR count). The Morgan fingerprint density at radius 1 is 1.14 bits per heavy atom. The Bertz CT molecular complexity index is 1170. The molecular formula is C27H26BrClN2O3S. The van der Waals surface area contributed by atoms with E-state index in [1.165, 1.54) is 11.8 Å². The van der Waals surface area contributed by atoms with E-state index in [0.29, 0.717) is 36.2 Å². The monoisotopic (exact) mass is 572 g/mol. The Kier molecular flexibility index (Phi) is 10.7. The number of hydrogen-bond donors (Lipinski definition) is 1. The molecule has 8 heteroatoms. The number of halogens is 2. The smallest absolute Gasteiger partial charge is 0.250 e. The van der Waals surface area contributed by atoms with Crippen molar-refractivity contribution in [1.29, 1.82) is 0 Å². The molecule has 0 aliphatic heterocycles. The third-order valence-corrected chi connectivity index (χ3v) is 6.49. The number of carbonyl (C=O) groups is 1. The maximum Gasteiger partial charge on any atom is 0.250 e. The molecule has 0 unspecified atom stereocenters. The fourth-order valence-corrected chi connectivity index (χ4v) is 4.20. The first-order chi connectivity index (χ1) is 17.0. The lowest BCUT2D eigenvalue weighted by molar-refractivity contribution is -0.118. The average Bonchev–Trinajstić information content (AvgIpc) is 2.85. The standard InChI is InChI=1S/C27H26BrClN2O3S/c1-3-5-21-14-20(16-30-31-26(32)18-35-24-12-10-23(29)11-13-24)15-25(33-4-2)27(21)34-17-19-6-8-22(28)9-7-19/h3,6-16H,1,4-5,17-18H2,2H3,(H,31,32)/b30-16-. The number of hydrazone groups is 1. The number of allylic oxidation sites excluding steroid dienone is 1. The zero-order valence-corrected chi connectivity index (χ0v) is 22.5. The summed E-state index contributed by atoms with van der Waals surface area (Å²) in [4.78, 5) is 13.1. The molecule has 0 fully saturated rings. The van der Waals surface area contributed by atoms with Crippen molar-refractivity contribution in [3.8, 4) is 11.5 Å². The lowest BCUT2D eigenvalue weighted by Gasteiger charge is -2.17. The van der Waals surface area contributed by atoms with E-state index >= 15 is 0 Å². The number of nitrogens with one attached hydrogen (secondary N) is 1. The van der Waals surface area contributed by atoms with Crippen LogP contribution in [0.25, 0.3) is 0 Å². The van der Waals surface area contributed by atoms with Crippen LogP contribution >= 0.6 is 39.3 Å². The van der Waals surface area contributed by atoms with Crippen LogP contribution in [0.5, 0.6) is 11.5 Å². The predicted octanol–water partition coefficient (Wildman–Crippen LogP) is 7.05. The van der Waals surface area contributed by atoms with Crippen LogP contribution in [0.4, 0.5) is 0 Å². The van der Waals surface area contributed by atoms with Crippen LogP contribution in [0.15, 0.2) is 87.8 Å². The first kappa shape index (κ1) is 26.9. The molecule has 35 heavy (non-hydrogen) atoms. The summed E-state index contributed by atoms with van der Waals surface area (Å²) < 4.78 is 13.0. The van der Waals surface area contributed by atoms with Crippen LogP contribution in [0.2, 0.25) is 5.02 Å². The minimum Gasteiger partial charge on any atom is -0.490 e. The van der Waals surface area contributed by atoms with Crippen molar-refractivity contribution in [3.05, 3.63) is 99.5 Å². The molecule has 0 aromatic heterocycles. The summed E-state index contributed by atoms with van der Waals surface area (Å²) >= 11 is 10.8. The number of rotatable bonds is 12. The summed E-state index contributed by atoms with van der Waals surface area (Å²) in [5.41, 5.74) is 5.32. The zero-order valence-electron chi connectivity index (χ0n) is 19.3. The van der Waals surface area contributed by atoms with Crippen LogP contribution in [-0.2, 0) is 17.8 Å². The van der Waals surface area contributed by atoms with Crippen molar-refractivity contribution in [2.24, 2.45) is 5.10 Å². The molecule has 0 heterocycles. The van der Waals surface area contributed by atoms with Gasteiger partial charge in [-0.3, -0.25) is 4.79 Å². The molecule has 0 radical (unpaired) electrons. The highest BCUT2D eigenvalue weighted by Crippen LogP contribution is 2.34. The molecule has 0 bridgehead atoms. The number of carbonyl (C=O) groups excluding carboxylic acids is 1. The molecule has 1 amide bonds. The quantitative estimate of drug-likeness (QED) is 0.109. The largest absolute Gasteiger partial charge is 0.490 e. The molecule has 0 aliphatic rings. The molecule has 0 saturated carbocycles. The van der Waals surface area contributed by atoms with E-state index < -0.39 is 0 Å². The molecule has 1 N–H and O–H groups in total. The van der Waals surface area contributed by atoms with E-state index in [1.54, 1.807) is 18.3 Å². The van der Waals surface area contributed by atoms with Crippen molar-refractivity contribution < 1.29 is 14.3 Å². The lowest BCUT2D eigenvalue weighted by atomic mass is 10.1. The summed E-state index contributed by atoms with van der Waals surface area (Å²) in [7, 11) is 0. The van der Waals surface area contributed by atoms with Gasteiger partial charge in [-0.15, -0.1) is 18.3 Å². The van der Waals surface area contributed by atoms with Gasteiger partial charge in [-0.25, -0.2) is 5.43 Å². The van der Waals surface area contributed by atoms with Crippen LogP contribution < -0.4 is 14.9 Å². The second-order valence-corrected chi connectivity index (χ2v) is 9.78. The van der Waals surface area contributed by atoms with Gasteiger partial charge in [-0.05, 0) is 73.0 Å². The number of hydrogen-bond acceptors (Lipinski definition) is 5. The van der Waals surface area contributed by atoms with Gasteiger partial charge < -0.3 is 9.47 Å². The first-order valence-corrected chi connectivity index (χ1v) is 13.1. The molecule has 5 nitrogen and oxygen atoms in total. The van der Waals surface area contributed by atoms with E-state index in [0.717, 1.165) is 26.1 Å². The number of nitrogens with zero attached hydrogens (tertiary/aromatic N) is 1. The Hall–Kier alpha value is -2.74. The SMILES string of the molecule is C=CCc1cc(/C=N\NC(=O)CSc2ccc(Cl)cc2)cc(OCC)c1OCc1ccc(Br)cc1. The van der Waals surface area contributed by atoms with Crippen molar-refractivity contribution >= 4 is 51.4 Å². The third kappa shape index (κ3) is 8.76. The number of amides is 1. The molecule has 0 atom stereocenters. The van der Waals surface area contributed by atoms with Crippen molar-refractivity contribution in [2.45, 2.75) is 24.8 Å². The fourth-order valence-electron chi connectivity index (χ4n) is 3.12. The Morgan fingerprint density at radius 3 is 2.57 bits per heavy atom. The zero-order chi connectivity index (χ0) is 25.0. The molecule has 0 aliphatic carbocycles. The molecule has 182 valence electrons. The van der Waals surface area contributed by atoms with E-state index in [4.69, 9.17) is 21.1 Å². The van der Waals surface area contributed by atoms with Gasteiger partial charge in [0.1, 0.15) is 6.61 Å².